The van der Waals surface area contributed by atoms with Crippen molar-refractivity contribution in [2.45, 2.75) is 46.0 Å². The van der Waals surface area contributed by atoms with E-state index in [0.29, 0.717) is 5.78 Å². The fraction of sp³-hybridized carbons (Fsp3) is 0.909. The Morgan fingerprint density at radius 3 is 2.69 bits per heavy atom. The largest absolute Gasteiger partial charge is 0.316 e. The van der Waals surface area contributed by atoms with Crippen LogP contribution < -0.4 is 5.32 Å². The molecule has 2 heteroatoms. The highest BCUT2D eigenvalue weighted by molar-refractivity contribution is 5.85. The van der Waals surface area contributed by atoms with Crippen LogP contribution in [-0.4, -0.2) is 18.9 Å². The Kier molecular flexibility index (Phi) is 3.91. The molecule has 1 atom stereocenters. The number of hydrogen-bond donors (Lipinski definition) is 1. The molecule has 13 heavy (non-hydrogen) atoms. The molecule has 1 aliphatic rings. The summed E-state index contributed by atoms with van der Waals surface area (Å²) in [5, 5.41) is 3.35. The molecule has 0 aromatic heterocycles. The summed E-state index contributed by atoms with van der Waals surface area (Å²) in [4.78, 5) is 11.9. The Bertz CT molecular complexity index is 171. The normalized spacial score (nSPS) is 28.8. The van der Waals surface area contributed by atoms with Gasteiger partial charge in [0, 0.05) is 18.4 Å². The van der Waals surface area contributed by atoms with Crippen molar-refractivity contribution in [1.29, 1.82) is 0 Å². The Balaban J connectivity index is 2.61. The average Bonchev–Trinajstić information content (AvgIpc) is 2.19. The van der Waals surface area contributed by atoms with Gasteiger partial charge in [-0.1, -0.05) is 13.8 Å². The van der Waals surface area contributed by atoms with Crippen molar-refractivity contribution in [2.75, 3.05) is 13.1 Å². The number of carbonyl (C=O) groups is 1. The number of Topliss-reactive ketones (excluding diaryl/α,β-unsaturated/α-hetero) is 1. The summed E-state index contributed by atoms with van der Waals surface area (Å²) < 4.78 is 0. The lowest BCUT2D eigenvalue weighted by Crippen LogP contribution is -2.45. The van der Waals surface area contributed by atoms with E-state index in [-0.39, 0.29) is 5.41 Å². The van der Waals surface area contributed by atoms with Gasteiger partial charge in [0.1, 0.15) is 5.78 Å². The van der Waals surface area contributed by atoms with Crippen LogP contribution in [0.15, 0.2) is 0 Å². The lowest BCUT2D eigenvalue weighted by molar-refractivity contribution is -0.130. The third-order valence-corrected chi connectivity index (χ3v) is 3.22. The third kappa shape index (κ3) is 2.31. The minimum atomic E-state index is -0.0196. The summed E-state index contributed by atoms with van der Waals surface area (Å²) in [6, 6.07) is 0. The van der Waals surface area contributed by atoms with Crippen LogP contribution in [0.3, 0.4) is 0 Å². The topological polar surface area (TPSA) is 29.1 Å². The summed E-state index contributed by atoms with van der Waals surface area (Å²) in [5.74, 6) is 0.477. The molecule has 1 fully saturated rings. The standard InChI is InChI=1S/C11H21NO/c1-3-6-10(13)11(4-2)7-5-8-12-9-11/h12H,3-9H2,1-2H3. The zero-order valence-corrected chi connectivity index (χ0v) is 8.86. The molecule has 0 saturated carbocycles. The zero-order valence-electron chi connectivity index (χ0n) is 8.86. The van der Waals surface area contributed by atoms with Crippen LogP contribution in [0.1, 0.15) is 46.0 Å². The minimum Gasteiger partial charge on any atom is -0.316 e. The highest BCUT2D eigenvalue weighted by Crippen LogP contribution is 2.32. The summed E-state index contributed by atoms with van der Waals surface area (Å²) in [5.41, 5.74) is -0.0196. The molecule has 0 aromatic carbocycles. The van der Waals surface area contributed by atoms with E-state index in [1.165, 1.54) is 0 Å². The predicted molar refractivity (Wildman–Crippen MR) is 54.7 cm³/mol. The molecule has 0 bridgehead atoms. The Hall–Kier alpha value is -0.370. The van der Waals surface area contributed by atoms with Crippen LogP contribution in [0.2, 0.25) is 0 Å². The van der Waals surface area contributed by atoms with Gasteiger partial charge in [-0.15, -0.1) is 0 Å². The van der Waals surface area contributed by atoms with Crippen molar-refractivity contribution >= 4 is 5.78 Å². The van der Waals surface area contributed by atoms with Gasteiger partial charge in [0.15, 0.2) is 0 Å². The second-order valence-corrected chi connectivity index (χ2v) is 4.09. The molecule has 1 heterocycles. The van der Waals surface area contributed by atoms with E-state index in [4.69, 9.17) is 0 Å². The lowest BCUT2D eigenvalue weighted by atomic mass is 9.73. The van der Waals surface area contributed by atoms with Gasteiger partial charge in [0.05, 0.1) is 0 Å². The molecule has 0 aliphatic carbocycles. The summed E-state index contributed by atoms with van der Waals surface area (Å²) >= 11 is 0. The number of carbonyl (C=O) groups excluding carboxylic acids is 1. The molecule has 0 aromatic rings. The first-order valence-electron chi connectivity index (χ1n) is 5.49. The average molecular weight is 183 g/mol. The van der Waals surface area contributed by atoms with Crippen molar-refractivity contribution < 1.29 is 4.79 Å². The van der Waals surface area contributed by atoms with Gasteiger partial charge in [-0.25, -0.2) is 0 Å². The van der Waals surface area contributed by atoms with E-state index >= 15 is 0 Å². The fourth-order valence-corrected chi connectivity index (χ4v) is 2.20. The maximum atomic E-state index is 11.9. The van der Waals surface area contributed by atoms with E-state index in [1.54, 1.807) is 0 Å². The van der Waals surface area contributed by atoms with Crippen LogP contribution in [0.25, 0.3) is 0 Å². The summed E-state index contributed by atoms with van der Waals surface area (Å²) in [6.45, 7) is 6.21. The Morgan fingerprint density at radius 1 is 1.46 bits per heavy atom. The van der Waals surface area contributed by atoms with Gasteiger partial charge in [0.2, 0.25) is 0 Å². The Labute approximate surface area is 81.1 Å². The number of nitrogens with one attached hydrogen (secondary N) is 1. The van der Waals surface area contributed by atoms with Crippen molar-refractivity contribution in [3.8, 4) is 0 Å². The highest BCUT2D eigenvalue weighted by atomic mass is 16.1. The van der Waals surface area contributed by atoms with Crippen molar-refractivity contribution in [2.24, 2.45) is 5.41 Å². The van der Waals surface area contributed by atoms with Crippen LogP contribution in [0.4, 0.5) is 0 Å². The molecule has 0 amide bonds. The molecule has 0 spiro atoms. The van der Waals surface area contributed by atoms with Crippen LogP contribution in [-0.2, 0) is 4.79 Å². The SMILES string of the molecule is CCCC(=O)C1(CC)CCCNC1. The fourth-order valence-electron chi connectivity index (χ4n) is 2.20. The van der Waals surface area contributed by atoms with Crippen LogP contribution in [0.5, 0.6) is 0 Å². The predicted octanol–water partition coefficient (Wildman–Crippen LogP) is 2.14. The summed E-state index contributed by atoms with van der Waals surface area (Å²) in [7, 11) is 0. The molecule has 1 rings (SSSR count). The van der Waals surface area contributed by atoms with Gasteiger partial charge in [-0.05, 0) is 32.2 Å². The van der Waals surface area contributed by atoms with Crippen molar-refractivity contribution in [3.63, 3.8) is 0 Å². The minimum absolute atomic E-state index is 0.0196. The molecule has 1 aliphatic heterocycles. The van der Waals surface area contributed by atoms with Gasteiger partial charge in [-0.3, -0.25) is 4.79 Å². The van der Waals surface area contributed by atoms with E-state index in [2.05, 4.69) is 19.2 Å². The van der Waals surface area contributed by atoms with Gasteiger partial charge >= 0.3 is 0 Å². The maximum absolute atomic E-state index is 11.9. The molecule has 1 saturated heterocycles. The van der Waals surface area contributed by atoms with E-state index in [1.807, 2.05) is 0 Å². The van der Waals surface area contributed by atoms with E-state index < -0.39 is 0 Å². The van der Waals surface area contributed by atoms with Gasteiger partial charge < -0.3 is 5.32 Å². The number of piperidine rings is 1. The zero-order chi connectivity index (χ0) is 9.73. The molecule has 76 valence electrons. The quantitative estimate of drug-likeness (QED) is 0.723. The first kappa shape index (κ1) is 10.7. The second-order valence-electron chi connectivity index (χ2n) is 4.09. The second kappa shape index (κ2) is 4.75. The molecule has 1 unspecified atom stereocenters. The van der Waals surface area contributed by atoms with Crippen molar-refractivity contribution in [3.05, 3.63) is 0 Å². The van der Waals surface area contributed by atoms with Crippen LogP contribution >= 0.6 is 0 Å². The number of rotatable bonds is 4. The van der Waals surface area contributed by atoms with E-state index in [0.717, 1.165) is 45.2 Å². The number of hydrogen-bond acceptors (Lipinski definition) is 2. The van der Waals surface area contributed by atoms with Gasteiger partial charge in [0.25, 0.3) is 0 Å². The summed E-state index contributed by atoms with van der Waals surface area (Å²) in [6.07, 6.45) is 4.99. The third-order valence-electron chi connectivity index (χ3n) is 3.22. The van der Waals surface area contributed by atoms with E-state index in [9.17, 15) is 4.79 Å². The first-order valence-corrected chi connectivity index (χ1v) is 5.49. The maximum Gasteiger partial charge on any atom is 0.140 e. The molecule has 2 nitrogen and oxygen atoms in total. The van der Waals surface area contributed by atoms with Crippen LogP contribution in [0, 0.1) is 5.41 Å². The molecular weight excluding hydrogens is 162 g/mol. The highest BCUT2D eigenvalue weighted by Gasteiger charge is 2.36. The Morgan fingerprint density at radius 2 is 2.23 bits per heavy atom. The lowest BCUT2D eigenvalue weighted by Gasteiger charge is -2.35. The smallest absolute Gasteiger partial charge is 0.140 e. The molecule has 1 N–H and O–H groups in total. The molecule has 0 radical (unpaired) electrons. The van der Waals surface area contributed by atoms with Gasteiger partial charge in [-0.2, -0.15) is 0 Å². The molecular formula is C11H21NO. The first-order chi connectivity index (χ1) is 6.25. The van der Waals surface area contributed by atoms with Crippen molar-refractivity contribution in [1.82, 2.24) is 5.32 Å². The monoisotopic (exact) mass is 183 g/mol. The number of ketones is 1.